The molecule has 70 valence electrons. The molecule has 0 radical (unpaired) electrons. The molecule has 0 aliphatic carbocycles. The van der Waals surface area contributed by atoms with Gasteiger partial charge in [0, 0.05) is 19.2 Å². The highest BCUT2D eigenvalue weighted by Crippen LogP contribution is 2.35. The van der Waals surface area contributed by atoms with Gasteiger partial charge in [-0.15, -0.1) is 0 Å². The second kappa shape index (κ2) is 2.98. The quantitative estimate of drug-likeness (QED) is 0.613. The van der Waals surface area contributed by atoms with Crippen molar-refractivity contribution < 1.29 is 9.84 Å². The number of ether oxygens (including phenoxy) is 1. The maximum Gasteiger partial charge on any atom is 0.0742 e. The monoisotopic (exact) mass is 171 g/mol. The Morgan fingerprint density at radius 1 is 1.33 bits per heavy atom. The number of piperidine rings is 1. The number of fused-ring (bicyclic) bond motifs is 2. The molecule has 4 unspecified atom stereocenters. The predicted octanol–water partition coefficient (Wildman–Crippen LogP) is 0.229. The topological polar surface area (TPSA) is 32.7 Å². The Morgan fingerprint density at radius 3 is 2.75 bits per heavy atom. The van der Waals surface area contributed by atoms with Crippen LogP contribution in [0.3, 0.4) is 0 Å². The minimum atomic E-state index is -0.101. The van der Waals surface area contributed by atoms with Crippen LogP contribution in [-0.2, 0) is 4.74 Å². The van der Waals surface area contributed by atoms with Crippen LogP contribution in [0.2, 0.25) is 0 Å². The molecule has 2 saturated heterocycles. The third kappa shape index (κ3) is 1.16. The summed E-state index contributed by atoms with van der Waals surface area (Å²) in [5, 5.41) is 9.54. The zero-order valence-corrected chi connectivity index (χ0v) is 7.73. The molecule has 0 aromatic carbocycles. The van der Waals surface area contributed by atoms with Crippen LogP contribution in [0.1, 0.15) is 19.3 Å². The molecule has 0 aromatic rings. The van der Waals surface area contributed by atoms with Crippen molar-refractivity contribution in [2.24, 2.45) is 0 Å². The van der Waals surface area contributed by atoms with Crippen LogP contribution in [0.25, 0.3) is 0 Å². The lowest BCUT2D eigenvalue weighted by Gasteiger charge is -2.34. The maximum absolute atomic E-state index is 9.54. The van der Waals surface area contributed by atoms with Crippen molar-refractivity contribution in [3.63, 3.8) is 0 Å². The zero-order valence-electron chi connectivity index (χ0n) is 7.73. The average Bonchev–Trinajstić information content (AvgIpc) is 2.27. The highest BCUT2D eigenvalue weighted by Gasteiger charge is 2.44. The van der Waals surface area contributed by atoms with Gasteiger partial charge in [0.2, 0.25) is 0 Å². The number of hydrogen-bond acceptors (Lipinski definition) is 3. The van der Waals surface area contributed by atoms with Gasteiger partial charge >= 0.3 is 0 Å². The second-order valence-corrected chi connectivity index (χ2v) is 4.02. The molecule has 2 aliphatic heterocycles. The molecule has 1 N–H and O–H groups in total. The van der Waals surface area contributed by atoms with E-state index in [-0.39, 0.29) is 6.10 Å². The minimum absolute atomic E-state index is 0.101. The molecule has 2 rings (SSSR count). The molecule has 0 aromatic heterocycles. The number of methoxy groups -OCH3 is 1. The van der Waals surface area contributed by atoms with Gasteiger partial charge in [0.15, 0.2) is 0 Å². The van der Waals surface area contributed by atoms with Crippen molar-refractivity contribution in [3.8, 4) is 0 Å². The molecule has 2 fully saturated rings. The summed E-state index contributed by atoms with van der Waals surface area (Å²) in [5.74, 6) is 0. The number of likely N-dealkylation sites (N-methyl/N-ethyl adjacent to an activating group) is 1. The van der Waals surface area contributed by atoms with Crippen molar-refractivity contribution in [3.05, 3.63) is 0 Å². The van der Waals surface area contributed by atoms with Crippen LogP contribution < -0.4 is 0 Å². The molecule has 12 heavy (non-hydrogen) atoms. The van der Waals surface area contributed by atoms with E-state index in [1.807, 2.05) is 0 Å². The molecule has 4 atom stereocenters. The summed E-state index contributed by atoms with van der Waals surface area (Å²) >= 11 is 0. The Morgan fingerprint density at radius 2 is 2.08 bits per heavy atom. The SMILES string of the molecule is COC1CC2CC(O)CC1N2C. The summed E-state index contributed by atoms with van der Waals surface area (Å²) in [7, 11) is 3.91. The zero-order chi connectivity index (χ0) is 8.72. The third-order valence-corrected chi connectivity index (χ3v) is 3.39. The maximum atomic E-state index is 9.54. The van der Waals surface area contributed by atoms with Gasteiger partial charge in [-0.1, -0.05) is 0 Å². The molecular formula is C9H17NO2. The van der Waals surface area contributed by atoms with E-state index in [0.29, 0.717) is 18.2 Å². The highest BCUT2D eigenvalue weighted by atomic mass is 16.5. The first-order valence-electron chi connectivity index (χ1n) is 4.65. The first-order valence-corrected chi connectivity index (χ1v) is 4.65. The van der Waals surface area contributed by atoms with Crippen molar-refractivity contribution >= 4 is 0 Å². The van der Waals surface area contributed by atoms with E-state index in [2.05, 4.69) is 11.9 Å². The fraction of sp³-hybridized carbons (Fsp3) is 1.00. The van der Waals surface area contributed by atoms with E-state index in [0.717, 1.165) is 19.3 Å². The predicted molar refractivity (Wildman–Crippen MR) is 46.0 cm³/mol. The lowest BCUT2D eigenvalue weighted by Crippen LogP contribution is -2.44. The van der Waals surface area contributed by atoms with Gasteiger partial charge in [-0.05, 0) is 26.3 Å². The van der Waals surface area contributed by atoms with Gasteiger partial charge in [-0.25, -0.2) is 0 Å². The van der Waals surface area contributed by atoms with Gasteiger partial charge in [-0.3, -0.25) is 4.90 Å². The van der Waals surface area contributed by atoms with Crippen molar-refractivity contribution in [1.29, 1.82) is 0 Å². The number of rotatable bonds is 1. The Kier molecular flexibility index (Phi) is 2.10. The van der Waals surface area contributed by atoms with E-state index in [1.54, 1.807) is 7.11 Å². The molecule has 2 aliphatic rings. The molecular weight excluding hydrogens is 154 g/mol. The van der Waals surface area contributed by atoms with E-state index in [9.17, 15) is 5.11 Å². The Balaban J connectivity index is 2.11. The third-order valence-electron chi connectivity index (χ3n) is 3.39. The Bertz CT molecular complexity index is 174. The van der Waals surface area contributed by atoms with Crippen molar-refractivity contribution in [1.82, 2.24) is 4.90 Å². The lowest BCUT2D eigenvalue weighted by atomic mass is 10.0. The molecule has 0 saturated carbocycles. The van der Waals surface area contributed by atoms with Gasteiger partial charge in [0.1, 0.15) is 0 Å². The number of nitrogens with zero attached hydrogens (tertiary/aromatic N) is 1. The second-order valence-electron chi connectivity index (χ2n) is 4.02. The fourth-order valence-corrected chi connectivity index (χ4v) is 2.65. The van der Waals surface area contributed by atoms with Crippen LogP contribution >= 0.6 is 0 Å². The smallest absolute Gasteiger partial charge is 0.0742 e. The first kappa shape index (κ1) is 8.48. The van der Waals surface area contributed by atoms with Gasteiger partial charge in [0.25, 0.3) is 0 Å². The molecule has 2 heterocycles. The first-order chi connectivity index (χ1) is 5.72. The van der Waals surface area contributed by atoms with E-state index in [4.69, 9.17) is 4.74 Å². The average molecular weight is 171 g/mol. The summed E-state index contributed by atoms with van der Waals surface area (Å²) in [4.78, 5) is 2.36. The molecule has 0 spiro atoms. The summed E-state index contributed by atoms with van der Waals surface area (Å²) in [5.41, 5.74) is 0. The van der Waals surface area contributed by atoms with Crippen LogP contribution in [-0.4, -0.2) is 48.5 Å². The van der Waals surface area contributed by atoms with Gasteiger partial charge in [0.05, 0.1) is 12.2 Å². The van der Waals surface area contributed by atoms with Crippen LogP contribution in [0, 0.1) is 0 Å². The fourth-order valence-electron chi connectivity index (χ4n) is 2.65. The van der Waals surface area contributed by atoms with Crippen molar-refractivity contribution in [2.75, 3.05) is 14.2 Å². The van der Waals surface area contributed by atoms with E-state index in [1.165, 1.54) is 0 Å². The Labute approximate surface area is 73.3 Å². The number of hydrogen-bond donors (Lipinski definition) is 1. The lowest BCUT2D eigenvalue weighted by molar-refractivity contribution is 0.0151. The van der Waals surface area contributed by atoms with Gasteiger partial charge < -0.3 is 9.84 Å². The highest BCUT2D eigenvalue weighted by molar-refractivity contribution is 4.99. The summed E-state index contributed by atoms with van der Waals surface area (Å²) in [6.07, 6.45) is 3.14. The molecule has 3 nitrogen and oxygen atoms in total. The summed E-state index contributed by atoms with van der Waals surface area (Å²) in [6.45, 7) is 0. The van der Waals surface area contributed by atoms with Crippen LogP contribution in [0.15, 0.2) is 0 Å². The van der Waals surface area contributed by atoms with Crippen LogP contribution in [0.4, 0.5) is 0 Å². The van der Waals surface area contributed by atoms with E-state index < -0.39 is 0 Å². The molecule has 3 heteroatoms. The number of aliphatic hydroxyl groups excluding tert-OH is 1. The standard InChI is InChI=1S/C9H17NO2/c1-10-6-3-7(11)5-8(10)9(4-6)12-2/h6-9,11H,3-5H2,1-2H3. The normalized spacial score (nSPS) is 48.2. The number of aliphatic hydroxyl groups is 1. The summed E-state index contributed by atoms with van der Waals surface area (Å²) < 4.78 is 5.39. The van der Waals surface area contributed by atoms with E-state index >= 15 is 0 Å². The Hall–Kier alpha value is -0.120. The molecule has 0 amide bonds. The largest absolute Gasteiger partial charge is 0.393 e. The van der Waals surface area contributed by atoms with Crippen LogP contribution in [0.5, 0.6) is 0 Å². The van der Waals surface area contributed by atoms with Crippen molar-refractivity contribution in [2.45, 2.75) is 43.6 Å². The summed E-state index contributed by atoms with van der Waals surface area (Å²) in [6, 6.07) is 0.993. The minimum Gasteiger partial charge on any atom is -0.393 e. The van der Waals surface area contributed by atoms with Gasteiger partial charge in [-0.2, -0.15) is 0 Å². The molecule has 2 bridgehead atoms.